The fraction of sp³-hybridized carbons (Fsp3) is 0.500. The van der Waals surface area contributed by atoms with E-state index >= 15 is 0 Å². The lowest BCUT2D eigenvalue weighted by atomic mass is 10.3. The van der Waals surface area contributed by atoms with Crippen LogP contribution >= 0.6 is 0 Å². The van der Waals surface area contributed by atoms with Crippen molar-refractivity contribution < 1.29 is 9.50 Å². The molecule has 98 valence electrons. The molecule has 2 heterocycles. The number of unbranched alkanes of at least 4 members (excludes halogenated alkanes) is 1. The molecule has 0 fully saturated rings. The second kappa shape index (κ2) is 5.13. The van der Waals surface area contributed by atoms with E-state index in [4.69, 9.17) is 0 Å². The minimum absolute atomic E-state index is 0.00111. The van der Waals surface area contributed by atoms with Gasteiger partial charge in [0.15, 0.2) is 11.2 Å². The number of hydrogen-bond acceptors (Lipinski definition) is 5. The van der Waals surface area contributed by atoms with E-state index in [2.05, 4.69) is 19.9 Å². The molecule has 0 saturated carbocycles. The number of rotatable bonds is 5. The first-order valence-electron chi connectivity index (χ1n) is 5.67. The van der Waals surface area contributed by atoms with Crippen LogP contribution in [-0.2, 0) is 0 Å². The van der Waals surface area contributed by atoms with Gasteiger partial charge in [0.25, 0.3) is 11.6 Å². The Hall–Kier alpha value is -1.96. The molecule has 0 radical (unpaired) electrons. The van der Waals surface area contributed by atoms with Gasteiger partial charge < -0.3 is 15.0 Å². The van der Waals surface area contributed by atoms with Crippen LogP contribution in [0.3, 0.4) is 0 Å². The van der Waals surface area contributed by atoms with Crippen LogP contribution in [0.5, 0.6) is 0 Å². The second-order valence-electron chi connectivity index (χ2n) is 3.87. The van der Waals surface area contributed by atoms with E-state index in [1.807, 2.05) is 6.92 Å². The van der Waals surface area contributed by atoms with Gasteiger partial charge in [0, 0.05) is 6.54 Å². The number of aliphatic hydroxyl groups is 1. The Balaban J connectivity index is 2.41. The van der Waals surface area contributed by atoms with Crippen molar-refractivity contribution in [1.29, 1.82) is 0 Å². The summed E-state index contributed by atoms with van der Waals surface area (Å²) < 4.78 is 12.9. The molecule has 0 aliphatic heterocycles. The van der Waals surface area contributed by atoms with Crippen molar-refractivity contribution in [3.05, 3.63) is 16.4 Å². The maximum Gasteiger partial charge on any atom is 0.289 e. The zero-order chi connectivity index (χ0) is 13.1. The number of aromatic nitrogens is 4. The first-order chi connectivity index (χ1) is 8.65. The highest BCUT2D eigenvalue weighted by Crippen LogP contribution is 2.10. The SMILES string of the molecule is CCCCN(CO)c1nc2nc(F)[nH]c2c(=O)[nH]1. The Bertz CT molecular complexity index is 593. The Morgan fingerprint density at radius 3 is 2.83 bits per heavy atom. The molecule has 0 atom stereocenters. The van der Waals surface area contributed by atoms with Gasteiger partial charge in [-0.15, -0.1) is 0 Å². The summed E-state index contributed by atoms with van der Waals surface area (Å²) in [7, 11) is 0. The van der Waals surface area contributed by atoms with Gasteiger partial charge in [-0.2, -0.15) is 14.4 Å². The van der Waals surface area contributed by atoms with Gasteiger partial charge in [-0.05, 0) is 6.42 Å². The van der Waals surface area contributed by atoms with Crippen molar-refractivity contribution >= 4 is 17.1 Å². The molecule has 0 amide bonds. The maximum absolute atomic E-state index is 12.9. The molecule has 2 rings (SSSR count). The van der Waals surface area contributed by atoms with Gasteiger partial charge in [-0.3, -0.25) is 9.78 Å². The zero-order valence-electron chi connectivity index (χ0n) is 9.90. The minimum atomic E-state index is -0.857. The number of nitrogens with one attached hydrogen (secondary N) is 2. The number of aromatic amines is 2. The van der Waals surface area contributed by atoms with Gasteiger partial charge in [-0.25, -0.2) is 0 Å². The number of nitrogens with zero attached hydrogens (tertiary/aromatic N) is 3. The minimum Gasteiger partial charge on any atom is -0.376 e. The molecular formula is C10H14FN5O2. The summed E-state index contributed by atoms with van der Waals surface area (Å²) in [5.41, 5.74) is -0.521. The number of anilines is 1. The van der Waals surface area contributed by atoms with Crippen LogP contribution in [-0.4, -0.2) is 38.3 Å². The Kier molecular flexibility index (Phi) is 3.56. The molecule has 0 spiro atoms. The van der Waals surface area contributed by atoms with Crippen LogP contribution in [0, 0.1) is 6.08 Å². The largest absolute Gasteiger partial charge is 0.376 e. The van der Waals surface area contributed by atoms with Crippen molar-refractivity contribution in [3.63, 3.8) is 0 Å². The molecule has 0 aliphatic rings. The van der Waals surface area contributed by atoms with E-state index < -0.39 is 11.6 Å². The zero-order valence-corrected chi connectivity index (χ0v) is 9.90. The van der Waals surface area contributed by atoms with Crippen molar-refractivity contribution in [1.82, 2.24) is 19.9 Å². The predicted octanol–water partition coefficient (Wildman–Crippen LogP) is 0.342. The third kappa shape index (κ3) is 2.33. The van der Waals surface area contributed by atoms with Crippen LogP contribution in [0.25, 0.3) is 11.2 Å². The molecule has 8 heteroatoms. The molecule has 2 aromatic rings. The fourth-order valence-corrected chi connectivity index (χ4v) is 1.61. The average Bonchev–Trinajstić information content (AvgIpc) is 2.71. The van der Waals surface area contributed by atoms with E-state index in [1.54, 1.807) is 0 Å². The number of hydrogen-bond donors (Lipinski definition) is 3. The van der Waals surface area contributed by atoms with E-state index in [0.29, 0.717) is 6.54 Å². The summed E-state index contributed by atoms with van der Waals surface area (Å²) in [5.74, 6) is 0.190. The van der Waals surface area contributed by atoms with Crippen LogP contribution in [0.15, 0.2) is 4.79 Å². The molecule has 0 aromatic carbocycles. The van der Waals surface area contributed by atoms with Crippen LogP contribution in [0.4, 0.5) is 10.3 Å². The summed E-state index contributed by atoms with van der Waals surface area (Å²) in [4.78, 5) is 25.3. The molecule has 0 saturated heterocycles. The fourth-order valence-electron chi connectivity index (χ4n) is 1.61. The van der Waals surface area contributed by atoms with Crippen molar-refractivity contribution in [2.45, 2.75) is 19.8 Å². The standard InChI is InChI=1S/C10H14FN5O2/c1-2-3-4-16(5-17)10-14-7-6(8(18)15-10)12-9(11)13-7/h17H,2-5H2,1H3,(H2,12,13,14,15,18). The highest BCUT2D eigenvalue weighted by molar-refractivity contribution is 5.69. The number of H-pyrrole nitrogens is 2. The highest BCUT2D eigenvalue weighted by Gasteiger charge is 2.13. The molecule has 3 N–H and O–H groups in total. The van der Waals surface area contributed by atoms with Crippen molar-refractivity contribution in [2.24, 2.45) is 0 Å². The number of halogens is 1. The van der Waals surface area contributed by atoms with Gasteiger partial charge in [0.2, 0.25) is 5.95 Å². The average molecular weight is 255 g/mol. The monoisotopic (exact) mass is 255 g/mol. The molecule has 18 heavy (non-hydrogen) atoms. The van der Waals surface area contributed by atoms with Crippen LogP contribution in [0.1, 0.15) is 19.8 Å². The lowest BCUT2D eigenvalue weighted by molar-refractivity contribution is 0.288. The summed E-state index contributed by atoms with van der Waals surface area (Å²) in [6.07, 6.45) is 0.932. The smallest absolute Gasteiger partial charge is 0.289 e. The quantitative estimate of drug-likeness (QED) is 0.528. The Morgan fingerprint density at radius 2 is 2.17 bits per heavy atom. The third-order valence-corrected chi connectivity index (χ3v) is 2.57. The number of fused-ring (bicyclic) bond motifs is 1. The lowest BCUT2D eigenvalue weighted by Gasteiger charge is -2.19. The van der Waals surface area contributed by atoms with Crippen molar-refractivity contribution in [2.75, 3.05) is 18.2 Å². The van der Waals surface area contributed by atoms with Crippen LogP contribution in [0.2, 0.25) is 0 Å². The molecule has 7 nitrogen and oxygen atoms in total. The predicted molar refractivity (Wildman–Crippen MR) is 63.8 cm³/mol. The molecule has 0 bridgehead atoms. The number of aliphatic hydroxyl groups excluding tert-OH is 1. The lowest BCUT2D eigenvalue weighted by Crippen LogP contribution is -2.29. The van der Waals surface area contributed by atoms with Gasteiger partial charge in [0.05, 0.1) is 0 Å². The van der Waals surface area contributed by atoms with Gasteiger partial charge in [0.1, 0.15) is 6.73 Å². The van der Waals surface area contributed by atoms with E-state index in [9.17, 15) is 14.3 Å². The molecule has 0 unspecified atom stereocenters. The Morgan fingerprint density at radius 1 is 1.39 bits per heavy atom. The summed E-state index contributed by atoms with van der Waals surface area (Å²) in [6, 6.07) is 0. The second-order valence-corrected chi connectivity index (χ2v) is 3.87. The normalized spacial score (nSPS) is 11.1. The van der Waals surface area contributed by atoms with Gasteiger partial charge in [-0.1, -0.05) is 13.3 Å². The van der Waals surface area contributed by atoms with E-state index in [0.717, 1.165) is 12.8 Å². The summed E-state index contributed by atoms with van der Waals surface area (Å²) >= 11 is 0. The molecule has 2 aromatic heterocycles. The maximum atomic E-state index is 12.9. The van der Waals surface area contributed by atoms with Crippen LogP contribution < -0.4 is 10.5 Å². The van der Waals surface area contributed by atoms with Gasteiger partial charge >= 0.3 is 0 Å². The molecular weight excluding hydrogens is 241 g/mol. The first-order valence-corrected chi connectivity index (χ1v) is 5.67. The number of imidazole rings is 1. The van der Waals surface area contributed by atoms with E-state index in [1.165, 1.54) is 4.90 Å². The summed E-state index contributed by atoms with van der Waals surface area (Å²) in [5, 5.41) is 9.24. The topological polar surface area (TPSA) is 97.9 Å². The van der Waals surface area contributed by atoms with E-state index in [-0.39, 0.29) is 23.8 Å². The highest BCUT2D eigenvalue weighted by atomic mass is 19.1. The summed E-state index contributed by atoms with van der Waals surface area (Å²) in [6.45, 7) is 2.29. The first kappa shape index (κ1) is 12.5. The Labute approximate surface area is 102 Å². The van der Waals surface area contributed by atoms with Crippen molar-refractivity contribution in [3.8, 4) is 0 Å². The molecule has 0 aliphatic carbocycles. The third-order valence-electron chi connectivity index (χ3n) is 2.57.